The van der Waals surface area contributed by atoms with E-state index in [1.807, 2.05) is 13.4 Å². The Morgan fingerprint density at radius 3 is 3.13 bits per heavy atom. The van der Waals surface area contributed by atoms with E-state index in [0.29, 0.717) is 19.2 Å². The molecule has 0 radical (unpaired) electrons. The van der Waals surface area contributed by atoms with E-state index in [2.05, 4.69) is 19.4 Å². The zero-order valence-corrected chi connectivity index (χ0v) is 13.9. The van der Waals surface area contributed by atoms with Crippen molar-refractivity contribution in [3.63, 3.8) is 0 Å². The van der Waals surface area contributed by atoms with Crippen LogP contribution in [0.25, 0.3) is 0 Å². The van der Waals surface area contributed by atoms with Crippen molar-refractivity contribution in [3.8, 4) is 0 Å². The molecule has 1 saturated carbocycles. The Morgan fingerprint density at radius 1 is 1.35 bits per heavy atom. The highest BCUT2D eigenvalue weighted by Gasteiger charge is 2.37. The first kappa shape index (κ1) is 15.1. The fourth-order valence-electron chi connectivity index (χ4n) is 4.33. The second-order valence-electron chi connectivity index (χ2n) is 7.06. The minimum Gasteiger partial charge on any atom is -0.374 e. The van der Waals surface area contributed by atoms with E-state index in [4.69, 9.17) is 4.74 Å². The molecule has 2 unspecified atom stereocenters. The van der Waals surface area contributed by atoms with Crippen molar-refractivity contribution >= 4 is 5.91 Å². The summed E-state index contributed by atoms with van der Waals surface area (Å²) in [5, 5.41) is 0. The van der Waals surface area contributed by atoms with Crippen molar-refractivity contribution in [2.24, 2.45) is 7.05 Å². The average molecular weight is 318 g/mol. The third-order valence-electron chi connectivity index (χ3n) is 5.60. The molecule has 0 aromatic carbocycles. The van der Waals surface area contributed by atoms with E-state index in [1.165, 1.54) is 18.5 Å². The molecular weight excluding hydrogens is 292 g/mol. The van der Waals surface area contributed by atoms with Gasteiger partial charge in [-0.1, -0.05) is 12.8 Å². The van der Waals surface area contributed by atoms with Gasteiger partial charge in [0.2, 0.25) is 5.91 Å². The van der Waals surface area contributed by atoms with Gasteiger partial charge in [0.1, 0.15) is 0 Å². The molecule has 6 heteroatoms. The van der Waals surface area contributed by atoms with E-state index in [0.717, 1.165) is 44.6 Å². The molecule has 0 N–H and O–H groups in total. The van der Waals surface area contributed by atoms with Crippen LogP contribution in [0.15, 0.2) is 6.33 Å². The number of imidazole rings is 1. The molecule has 2 aliphatic heterocycles. The van der Waals surface area contributed by atoms with E-state index in [9.17, 15) is 4.79 Å². The zero-order valence-electron chi connectivity index (χ0n) is 13.9. The average Bonchev–Trinajstić information content (AvgIpc) is 2.95. The van der Waals surface area contributed by atoms with Crippen LogP contribution in [0.5, 0.6) is 0 Å². The predicted octanol–water partition coefficient (Wildman–Crippen LogP) is 0.948. The first-order valence-electron chi connectivity index (χ1n) is 8.85. The molecule has 126 valence electrons. The Morgan fingerprint density at radius 2 is 2.22 bits per heavy atom. The fraction of sp³-hybridized carbons (Fsp3) is 0.765. The maximum Gasteiger partial charge on any atom is 0.237 e. The molecule has 1 aliphatic carbocycles. The molecule has 1 saturated heterocycles. The van der Waals surface area contributed by atoms with Gasteiger partial charge in [-0.25, -0.2) is 4.98 Å². The smallest absolute Gasteiger partial charge is 0.237 e. The largest absolute Gasteiger partial charge is 0.374 e. The third kappa shape index (κ3) is 2.90. The highest BCUT2D eigenvalue weighted by molar-refractivity contribution is 5.78. The van der Waals surface area contributed by atoms with Crippen molar-refractivity contribution in [1.82, 2.24) is 19.4 Å². The Bertz CT molecular complexity index is 583. The normalized spacial score (nSPS) is 28.3. The Labute approximate surface area is 137 Å². The van der Waals surface area contributed by atoms with Crippen LogP contribution in [-0.2, 0) is 29.5 Å². The van der Waals surface area contributed by atoms with Gasteiger partial charge in [0.25, 0.3) is 0 Å². The summed E-state index contributed by atoms with van der Waals surface area (Å²) in [4.78, 5) is 21.6. The summed E-state index contributed by atoms with van der Waals surface area (Å²) in [5.74, 6) is 0.268. The maximum atomic E-state index is 12.8. The maximum absolute atomic E-state index is 12.8. The molecule has 23 heavy (non-hydrogen) atoms. The quantitative estimate of drug-likeness (QED) is 0.815. The molecule has 4 rings (SSSR count). The van der Waals surface area contributed by atoms with Crippen molar-refractivity contribution in [3.05, 3.63) is 17.7 Å². The molecule has 2 atom stereocenters. The number of carbonyl (C=O) groups excluding carboxylic acids is 1. The lowest BCUT2D eigenvalue weighted by atomic mass is 9.90. The topological polar surface area (TPSA) is 50.6 Å². The van der Waals surface area contributed by atoms with Crippen LogP contribution < -0.4 is 0 Å². The number of fused-ring (bicyclic) bond motifs is 2. The van der Waals surface area contributed by atoms with Crippen molar-refractivity contribution < 1.29 is 9.53 Å². The van der Waals surface area contributed by atoms with Crippen LogP contribution in [-0.4, -0.2) is 63.6 Å². The molecule has 1 aromatic heterocycles. The number of nitrogens with zero attached hydrogens (tertiary/aromatic N) is 4. The van der Waals surface area contributed by atoms with Crippen LogP contribution >= 0.6 is 0 Å². The lowest BCUT2D eigenvalue weighted by Crippen LogP contribution is -2.57. The van der Waals surface area contributed by atoms with Gasteiger partial charge in [-0.2, -0.15) is 0 Å². The Kier molecular flexibility index (Phi) is 4.11. The molecular formula is C17H26N4O2. The Hall–Kier alpha value is -1.40. The van der Waals surface area contributed by atoms with Gasteiger partial charge in [-0.15, -0.1) is 0 Å². The van der Waals surface area contributed by atoms with E-state index in [1.54, 1.807) is 0 Å². The van der Waals surface area contributed by atoms with Crippen molar-refractivity contribution in [2.45, 2.75) is 50.8 Å². The summed E-state index contributed by atoms with van der Waals surface area (Å²) in [6.07, 6.45) is 7.78. The number of amides is 1. The lowest BCUT2D eigenvalue weighted by molar-refractivity contribution is -0.150. The SMILES string of the molecule is Cn1cnc2c1CCN(CC(=O)N1CCOC3CCCCC31)C2. The summed E-state index contributed by atoms with van der Waals surface area (Å²) in [5.41, 5.74) is 2.44. The van der Waals surface area contributed by atoms with Gasteiger partial charge < -0.3 is 14.2 Å². The molecule has 3 heterocycles. The lowest BCUT2D eigenvalue weighted by Gasteiger charge is -2.44. The van der Waals surface area contributed by atoms with Gasteiger partial charge >= 0.3 is 0 Å². The molecule has 3 aliphatic rings. The fourth-order valence-corrected chi connectivity index (χ4v) is 4.33. The summed E-state index contributed by atoms with van der Waals surface area (Å²) < 4.78 is 7.98. The number of carbonyl (C=O) groups is 1. The van der Waals surface area contributed by atoms with Gasteiger partial charge in [0, 0.05) is 38.8 Å². The van der Waals surface area contributed by atoms with Gasteiger partial charge in [-0.3, -0.25) is 9.69 Å². The summed E-state index contributed by atoms with van der Waals surface area (Å²) in [6, 6.07) is 0.306. The van der Waals surface area contributed by atoms with E-state index >= 15 is 0 Å². The van der Waals surface area contributed by atoms with Crippen LogP contribution in [0.3, 0.4) is 0 Å². The van der Waals surface area contributed by atoms with Crippen LogP contribution in [0.1, 0.15) is 37.1 Å². The monoisotopic (exact) mass is 318 g/mol. The summed E-state index contributed by atoms with van der Waals surface area (Å²) >= 11 is 0. The van der Waals surface area contributed by atoms with Crippen LogP contribution in [0, 0.1) is 0 Å². The zero-order chi connectivity index (χ0) is 15.8. The molecule has 0 bridgehead atoms. The highest BCUT2D eigenvalue weighted by atomic mass is 16.5. The number of ether oxygens (including phenoxy) is 1. The predicted molar refractivity (Wildman–Crippen MR) is 85.9 cm³/mol. The van der Waals surface area contributed by atoms with Crippen molar-refractivity contribution in [2.75, 3.05) is 26.2 Å². The minimum absolute atomic E-state index is 0.268. The number of hydrogen-bond acceptors (Lipinski definition) is 4. The number of morpholine rings is 1. The number of aromatic nitrogens is 2. The third-order valence-corrected chi connectivity index (χ3v) is 5.60. The minimum atomic E-state index is 0.268. The summed E-state index contributed by atoms with van der Waals surface area (Å²) in [6.45, 7) is 3.69. The van der Waals surface area contributed by atoms with Gasteiger partial charge in [-0.05, 0) is 12.8 Å². The van der Waals surface area contributed by atoms with E-state index in [-0.39, 0.29) is 12.0 Å². The number of aryl methyl sites for hydroxylation is 1. The molecule has 1 amide bonds. The van der Waals surface area contributed by atoms with E-state index < -0.39 is 0 Å². The first-order valence-corrected chi connectivity index (χ1v) is 8.85. The van der Waals surface area contributed by atoms with Crippen molar-refractivity contribution in [1.29, 1.82) is 0 Å². The van der Waals surface area contributed by atoms with Crippen LogP contribution in [0.4, 0.5) is 0 Å². The summed E-state index contributed by atoms with van der Waals surface area (Å²) in [7, 11) is 2.05. The second-order valence-corrected chi connectivity index (χ2v) is 7.06. The number of rotatable bonds is 2. The van der Waals surface area contributed by atoms with Gasteiger partial charge in [0.15, 0.2) is 0 Å². The molecule has 2 fully saturated rings. The molecule has 1 aromatic rings. The molecule has 0 spiro atoms. The standard InChI is InChI=1S/C17H26N4O2/c1-19-12-18-13-10-20(7-6-14(13)19)11-17(22)21-8-9-23-16-5-3-2-4-15(16)21/h12,15-16H,2-11H2,1H3. The highest BCUT2D eigenvalue weighted by Crippen LogP contribution is 2.28. The van der Waals surface area contributed by atoms with Crippen LogP contribution in [0.2, 0.25) is 0 Å². The molecule has 6 nitrogen and oxygen atoms in total. The second kappa shape index (κ2) is 6.24. The number of hydrogen-bond donors (Lipinski definition) is 0. The Balaban J connectivity index is 1.40. The first-order chi connectivity index (χ1) is 11.2. The van der Waals surface area contributed by atoms with Gasteiger partial charge in [0.05, 0.1) is 37.3 Å².